The quantitative estimate of drug-likeness (QED) is 0.901. The summed E-state index contributed by atoms with van der Waals surface area (Å²) in [6, 6.07) is 8.53. The van der Waals surface area contributed by atoms with E-state index in [2.05, 4.69) is 5.32 Å². The summed E-state index contributed by atoms with van der Waals surface area (Å²) in [6.45, 7) is 5.31. The van der Waals surface area contributed by atoms with Gasteiger partial charge in [0, 0.05) is 6.04 Å². The van der Waals surface area contributed by atoms with Crippen LogP contribution in [0.2, 0.25) is 0 Å². The number of rotatable bonds is 2. The molecule has 1 aliphatic rings. The van der Waals surface area contributed by atoms with Gasteiger partial charge < -0.3 is 10.1 Å². The number of benzene rings is 1. The first-order valence-electron chi connectivity index (χ1n) is 6.75. The lowest BCUT2D eigenvalue weighted by atomic mass is 10.2. The summed E-state index contributed by atoms with van der Waals surface area (Å²) < 4.78 is 5.30. The third-order valence-corrected chi connectivity index (χ3v) is 2.70. The van der Waals surface area contributed by atoms with Crippen molar-refractivity contribution < 1.29 is 14.3 Å². The van der Waals surface area contributed by atoms with E-state index in [4.69, 9.17) is 4.74 Å². The van der Waals surface area contributed by atoms with Crippen molar-refractivity contribution in [2.24, 2.45) is 0 Å². The molecule has 5 nitrogen and oxygen atoms in total. The molecule has 0 bridgehead atoms. The van der Waals surface area contributed by atoms with Crippen LogP contribution in [0.15, 0.2) is 30.3 Å². The Hall–Kier alpha value is -2.04. The summed E-state index contributed by atoms with van der Waals surface area (Å²) in [7, 11) is 0. The summed E-state index contributed by atoms with van der Waals surface area (Å²) in [4.78, 5) is 25.5. The average Bonchev–Trinajstić information content (AvgIpc) is 3.12. The first-order chi connectivity index (χ1) is 9.37. The van der Waals surface area contributed by atoms with Crippen molar-refractivity contribution in [3.8, 4) is 0 Å². The Bertz CT molecular complexity index is 490. The number of carbonyl (C=O) groups is 2. The Balaban J connectivity index is 2.19. The number of nitrogens with zero attached hydrogens (tertiary/aromatic N) is 1. The van der Waals surface area contributed by atoms with Crippen LogP contribution in [0.5, 0.6) is 0 Å². The number of imide groups is 1. The molecule has 0 atom stereocenters. The molecule has 0 aromatic heterocycles. The van der Waals surface area contributed by atoms with Crippen LogP contribution < -0.4 is 10.2 Å². The van der Waals surface area contributed by atoms with Gasteiger partial charge >= 0.3 is 12.1 Å². The van der Waals surface area contributed by atoms with E-state index < -0.39 is 17.7 Å². The zero-order chi connectivity index (χ0) is 14.8. The van der Waals surface area contributed by atoms with Gasteiger partial charge in [-0.15, -0.1) is 0 Å². The molecular weight excluding hydrogens is 256 g/mol. The number of carbonyl (C=O) groups excluding carboxylic acids is 2. The fourth-order valence-corrected chi connectivity index (χ4v) is 1.66. The first kappa shape index (κ1) is 14.4. The minimum absolute atomic E-state index is 0.177. The minimum Gasteiger partial charge on any atom is -0.443 e. The molecule has 0 saturated heterocycles. The second-order valence-electron chi connectivity index (χ2n) is 5.88. The Labute approximate surface area is 118 Å². The van der Waals surface area contributed by atoms with Crippen LogP contribution in [0.4, 0.5) is 15.3 Å². The number of hydrogen-bond donors (Lipinski definition) is 1. The van der Waals surface area contributed by atoms with Crippen LogP contribution in [-0.4, -0.2) is 23.8 Å². The number of urea groups is 1. The fraction of sp³-hybridized carbons (Fsp3) is 0.467. The minimum atomic E-state index is -0.665. The number of hydrogen-bond acceptors (Lipinski definition) is 3. The van der Waals surface area contributed by atoms with E-state index in [0.717, 1.165) is 17.7 Å². The molecule has 1 aromatic rings. The zero-order valence-corrected chi connectivity index (χ0v) is 12.1. The lowest BCUT2D eigenvalue weighted by Gasteiger charge is -2.26. The number of para-hydroxylation sites is 1. The lowest BCUT2D eigenvalue weighted by molar-refractivity contribution is 0.0593. The molecular formula is C15H20N2O3. The van der Waals surface area contributed by atoms with Gasteiger partial charge in [0.25, 0.3) is 0 Å². The van der Waals surface area contributed by atoms with Crippen LogP contribution >= 0.6 is 0 Å². The molecule has 3 amide bonds. The smallest absolute Gasteiger partial charge is 0.423 e. The summed E-state index contributed by atoms with van der Waals surface area (Å²) in [5.41, 5.74) is -0.149. The topological polar surface area (TPSA) is 58.6 Å². The van der Waals surface area contributed by atoms with Crippen molar-refractivity contribution in [1.82, 2.24) is 5.32 Å². The van der Waals surface area contributed by atoms with E-state index in [9.17, 15) is 9.59 Å². The normalized spacial score (nSPS) is 14.6. The molecule has 0 aliphatic heterocycles. The van der Waals surface area contributed by atoms with E-state index in [1.54, 1.807) is 45.0 Å². The van der Waals surface area contributed by atoms with Crippen molar-refractivity contribution in [2.75, 3.05) is 4.90 Å². The fourth-order valence-electron chi connectivity index (χ4n) is 1.66. The number of anilines is 1. The third kappa shape index (κ3) is 3.98. The molecule has 0 spiro atoms. The number of ether oxygens (including phenoxy) is 1. The third-order valence-electron chi connectivity index (χ3n) is 2.70. The Morgan fingerprint density at radius 1 is 1.20 bits per heavy atom. The van der Waals surface area contributed by atoms with E-state index in [0.29, 0.717) is 5.69 Å². The largest absolute Gasteiger partial charge is 0.443 e. The van der Waals surface area contributed by atoms with Crippen molar-refractivity contribution in [3.63, 3.8) is 0 Å². The number of nitrogens with one attached hydrogen (secondary N) is 1. The highest BCUT2D eigenvalue weighted by atomic mass is 16.6. The van der Waals surface area contributed by atoms with Gasteiger partial charge in [0.2, 0.25) is 0 Å². The summed E-state index contributed by atoms with van der Waals surface area (Å²) in [6.07, 6.45) is 1.26. The van der Waals surface area contributed by atoms with Crippen LogP contribution in [0.25, 0.3) is 0 Å². The molecule has 1 N–H and O–H groups in total. The standard InChI is InChI=1S/C15H20N2O3/c1-15(2,3)20-14(19)17(12-7-5-4-6-8-12)13(18)16-11-9-10-11/h4-8,11H,9-10H2,1-3H3,(H,16,18). The predicted molar refractivity (Wildman–Crippen MR) is 76.7 cm³/mol. The van der Waals surface area contributed by atoms with Crippen molar-refractivity contribution in [3.05, 3.63) is 30.3 Å². The summed E-state index contributed by atoms with van der Waals surface area (Å²) >= 11 is 0. The number of amides is 3. The van der Waals surface area contributed by atoms with Gasteiger partial charge in [-0.2, -0.15) is 4.90 Å². The summed E-state index contributed by atoms with van der Waals surface area (Å²) in [5, 5.41) is 2.81. The second-order valence-corrected chi connectivity index (χ2v) is 5.88. The highest BCUT2D eigenvalue weighted by molar-refractivity contribution is 6.11. The van der Waals surface area contributed by atoms with E-state index in [-0.39, 0.29) is 6.04 Å². The van der Waals surface area contributed by atoms with Crippen LogP contribution in [0.3, 0.4) is 0 Å². The van der Waals surface area contributed by atoms with E-state index in [1.165, 1.54) is 0 Å². The molecule has 1 aliphatic carbocycles. The SMILES string of the molecule is CC(C)(C)OC(=O)N(C(=O)NC1CC1)c1ccccc1. The first-order valence-corrected chi connectivity index (χ1v) is 6.75. The van der Waals surface area contributed by atoms with Gasteiger partial charge in [-0.05, 0) is 45.7 Å². The van der Waals surface area contributed by atoms with Crippen LogP contribution in [0, 0.1) is 0 Å². The molecule has 1 saturated carbocycles. The molecule has 0 radical (unpaired) electrons. The van der Waals surface area contributed by atoms with Crippen LogP contribution in [0.1, 0.15) is 33.6 Å². The molecule has 2 rings (SSSR count). The lowest BCUT2D eigenvalue weighted by Crippen LogP contribution is -2.47. The summed E-state index contributed by atoms with van der Waals surface area (Å²) in [5.74, 6) is 0. The molecule has 108 valence electrons. The second kappa shape index (κ2) is 5.53. The zero-order valence-electron chi connectivity index (χ0n) is 12.1. The monoisotopic (exact) mass is 276 g/mol. The van der Waals surface area contributed by atoms with Crippen molar-refractivity contribution >= 4 is 17.8 Å². The molecule has 1 aromatic carbocycles. The van der Waals surface area contributed by atoms with Crippen molar-refractivity contribution in [1.29, 1.82) is 0 Å². The van der Waals surface area contributed by atoms with Gasteiger partial charge in [-0.1, -0.05) is 18.2 Å². The molecule has 5 heteroatoms. The van der Waals surface area contributed by atoms with Gasteiger partial charge in [0.15, 0.2) is 0 Å². The Morgan fingerprint density at radius 2 is 1.80 bits per heavy atom. The van der Waals surface area contributed by atoms with Gasteiger partial charge in [0.05, 0.1) is 5.69 Å². The predicted octanol–water partition coefficient (Wildman–Crippen LogP) is 3.30. The molecule has 20 heavy (non-hydrogen) atoms. The Morgan fingerprint density at radius 3 is 2.30 bits per heavy atom. The highest BCUT2D eigenvalue weighted by Gasteiger charge is 2.32. The van der Waals surface area contributed by atoms with Crippen LogP contribution in [-0.2, 0) is 4.74 Å². The molecule has 0 unspecified atom stereocenters. The van der Waals surface area contributed by atoms with Gasteiger partial charge in [-0.3, -0.25) is 0 Å². The van der Waals surface area contributed by atoms with Crippen molar-refractivity contribution in [2.45, 2.75) is 45.3 Å². The molecule has 0 heterocycles. The van der Waals surface area contributed by atoms with Gasteiger partial charge in [0.1, 0.15) is 5.60 Å². The maximum atomic E-state index is 12.2. The average molecular weight is 276 g/mol. The molecule has 1 fully saturated rings. The van der Waals surface area contributed by atoms with E-state index in [1.807, 2.05) is 6.07 Å². The van der Waals surface area contributed by atoms with E-state index >= 15 is 0 Å². The maximum absolute atomic E-state index is 12.2. The highest BCUT2D eigenvalue weighted by Crippen LogP contribution is 2.22. The Kier molecular flexibility index (Phi) is 3.97. The van der Waals surface area contributed by atoms with Gasteiger partial charge in [-0.25, -0.2) is 9.59 Å². The maximum Gasteiger partial charge on any atom is 0.423 e.